The number of nitrogens with zero attached hydrogens (tertiary/aromatic N) is 1. The first-order valence-corrected chi connectivity index (χ1v) is 11.0. The van der Waals surface area contributed by atoms with Gasteiger partial charge in [-0.2, -0.15) is 8.42 Å². The second-order valence-electron chi connectivity index (χ2n) is 4.99. The van der Waals surface area contributed by atoms with Crippen LogP contribution in [0.5, 0.6) is 0 Å². The maximum Gasteiger partial charge on any atom is 0.264 e. The molecule has 2 rings (SSSR count). The van der Waals surface area contributed by atoms with E-state index in [1.165, 1.54) is 12.3 Å². The molecule has 0 saturated carbocycles. The van der Waals surface area contributed by atoms with E-state index in [1.54, 1.807) is 19.1 Å². The van der Waals surface area contributed by atoms with Crippen LogP contribution in [0.25, 0.3) is 0 Å². The molecule has 0 unspecified atom stereocenters. The molecule has 0 aliphatic carbocycles. The molecule has 0 fully saturated rings. The van der Waals surface area contributed by atoms with Crippen molar-refractivity contribution in [2.75, 3.05) is 10.5 Å². The van der Waals surface area contributed by atoms with E-state index < -0.39 is 20.1 Å². The molecule has 2 aromatic rings. The average Bonchev–Trinajstić information content (AvgIpc) is 2.87. The number of hydrogen-bond donors (Lipinski definition) is 2. The normalized spacial score (nSPS) is 12.3. The van der Waals surface area contributed by atoms with Gasteiger partial charge in [0, 0.05) is 16.1 Å². The third-order valence-electron chi connectivity index (χ3n) is 3.11. The van der Waals surface area contributed by atoms with Crippen molar-refractivity contribution in [2.24, 2.45) is 0 Å². The Kier molecular flexibility index (Phi) is 5.87. The summed E-state index contributed by atoms with van der Waals surface area (Å²) in [6, 6.07) is 4.60. The van der Waals surface area contributed by atoms with Crippen LogP contribution >= 0.6 is 22.9 Å². The Morgan fingerprint density at radius 3 is 2.67 bits per heavy atom. The van der Waals surface area contributed by atoms with Gasteiger partial charge in [0.05, 0.1) is 10.6 Å². The number of thiazole rings is 1. The van der Waals surface area contributed by atoms with Crippen LogP contribution in [-0.4, -0.2) is 32.1 Å². The smallest absolute Gasteiger partial charge is 0.264 e. The van der Waals surface area contributed by atoms with Crippen molar-refractivity contribution in [2.45, 2.75) is 24.7 Å². The van der Waals surface area contributed by atoms with Gasteiger partial charge >= 0.3 is 0 Å². The van der Waals surface area contributed by atoms with Crippen molar-refractivity contribution in [3.8, 4) is 0 Å². The van der Waals surface area contributed by atoms with Crippen LogP contribution in [0.2, 0.25) is 5.02 Å². The fourth-order valence-electron chi connectivity index (χ4n) is 1.95. The van der Waals surface area contributed by atoms with Crippen LogP contribution in [-0.2, 0) is 26.6 Å². The van der Waals surface area contributed by atoms with E-state index in [0.717, 1.165) is 11.3 Å². The number of sulfonamides is 1. The molecule has 24 heavy (non-hydrogen) atoms. The average molecular weight is 411 g/mol. The molecule has 0 aliphatic heterocycles. The molecule has 0 atom stereocenters. The van der Waals surface area contributed by atoms with E-state index in [4.69, 9.17) is 16.2 Å². The van der Waals surface area contributed by atoms with Crippen molar-refractivity contribution in [1.82, 2.24) is 4.98 Å². The summed E-state index contributed by atoms with van der Waals surface area (Å²) < 4.78 is 57.2. The Morgan fingerprint density at radius 2 is 2.00 bits per heavy atom. The summed E-state index contributed by atoms with van der Waals surface area (Å²) in [7, 11) is -7.82. The van der Waals surface area contributed by atoms with E-state index in [9.17, 15) is 16.8 Å². The van der Waals surface area contributed by atoms with Crippen molar-refractivity contribution in [1.29, 1.82) is 0 Å². The summed E-state index contributed by atoms with van der Waals surface area (Å²) >= 11 is 7.05. The monoisotopic (exact) mass is 410 g/mol. The van der Waals surface area contributed by atoms with Gasteiger partial charge in [0.2, 0.25) is 0 Å². The molecule has 0 bridgehead atoms. The van der Waals surface area contributed by atoms with Gasteiger partial charge in [0.25, 0.3) is 20.1 Å². The Hall–Kier alpha value is -1.20. The third kappa shape index (κ3) is 5.15. The Bertz CT molecular complexity index is 938. The van der Waals surface area contributed by atoms with Gasteiger partial charge < -0.3 is 0 Å². The van der Waals surface area contributed by atoms with E-state index in [1.807, 2.05) is 0 Å². The molecule has 1 aromatic heterocycles. The molecule has 0 spiro atoms. The molecular weight excluding hydrogens is 396 g/mol. The van der Waals surface area contributed by atoms with E-state index in [-0.39, 0.29) is 22.2 Å². The molecule has 0 aliphatic rings. The Balaban J connectivity index is 2.10. The summed E-state index contributed by atoms with van der Waals surface area (Å²) in [4.78, 5) is 4.75. The molecule has 2 N–H and O–H groups in total. The van der Waals surface area contributed by atoms with Crippen LogP contribution in [0.3, 0.4) is 0 Å². The second kappa shape index (κ2) is 7.36. The zero-order valence-electron chi connectivity index (χ0n) is 12.6. The topological polar surface area (TPSA) is 113 Å². The molecule has 0 saturated heterocycles. The molecular formula is C13H15ClN2O5S3. The first-order valence-electron chi connectivity index (χ1n) is 6.76. The fraction of sp³-hybridized carbons (Fsp3) is 0.308. The number of aryl methyl sites for hydroxylation is 1. The van der Waals surface area contributed by atoms with Crippen molar-refractivity contribution in [3.05, 3.63) is 39.9 Å². The van der Waals surface area contributed by atoms with Crippen LogP contribution in [0.1, 0.15) is 16.9 Å². The second-order valence-corrected chi connectivity index (χ2v) is 9.74. The van der Waals surface area contributed by atoms with Crippen molar-refractivity contribution in [3.63, 3.8) is 0 Å². The zero-order chi connectivity index (χ0) is 18.0. The highest BCUT2D eigenvalue weighted by atomic mass is 35.5. The molecule has 0 radical (unpaired) electrons. The van der Waals surface area contributed by atoms with Gasteiger partial charge in [0.1, 0.15) is 0 Å². The Labute approximate surface area is 149 Å². The van der Waals surface area contributed by atoms with Crippen LogP contribution in [0.15, 0.2) is 29.3 Å². The van der Waals surface area contributed by atoms with E-state index in [2.05, 4.69) is 9.71 Å². The van der Waals surface area contributed by atoms with E-state index >= 15 is 0 Å². The Morgan fingerprint density at radius 1 is 1.29 bits per heavy atom. The highest BCUT2D eigenvalue weighted by Gasteiger charge is 2.19. The lowest BCUT2D eigenvalue weighted by atomic mass is 10.2. The summed E-state index contributed by atoms with van der Waals surface area (Å²) in [5, 5.41) is 0.527. The maximum absolute atomic E-state index is 12.4. The first kappa shape index (κ1) is 19.1. The molecule has 1 aromatic carbocycles. The molecule has 1 heterocycles. The zero-order valence-corrected chi connectivity index (χ0v) is 15.8. The highest BCUT2D eigenvalue weighted by molar-refractivity contribution is 7.93. The minimum Gasteiger partial charge on any atom is -0.286 e. The minimum absolute atomic E-state index is 0.0677. The van der Waals surface area contributed by atoms with Crippen LogP contribution in [0, 0.1) is 6.92 Å². The van der Waals surface area contributed by atoms with Gasteiger partial charge in [0.15, 0.2) is 5.13 Å². The quantitative estimate of drug-likeness (QED) is 0.678. The lowest BCUT2D eigenvalue weighted by molar-refractivity contribution is 0.481. The van der Waals surface area contributed by atoms with Gasteiger partial charge in [-0.1, -0.05) is 17.7 Å². The first-order chi connectivity index (χ1) is 11.1. The third-order valence-corrected chi connectivity index (χ3v) is 6.91. The lowest BCUT2D eigenvalue weighted by Crippen LogP contribution is -2.14. The molecule has 0 amide bonds. The van der Waals surface area contributed by atoms with Crippen molar-refractivity contribution < 1.29 is 21.4 Å². The number of halogens is 1. The fourth-order valence-corrected chi connectivity index (χ4v) is 5.05. The number of rotatable bonds is 7. The molecule has 7 nitrogen and oxygen atoms in total. The number of anilines is 1. The van der Waals surface area contributed by atoms with Gasteiger partial charge in [-0.25, -0.2) is 13.4 Å². The summed E-state index contributed by atoms with van der Waals surface area (Å²) in [5.74, 6) is -0.354. The van der Waals surface area contributed by atoms with E-state index in [0.29, 0.717) is 21.9 Å². The van der Waals surface area contributed by atoms with Gasteiger partial charge in [-0.3, -0.25) is 9.27 Å². The van der Waals surface area contributed by atoms with Crippen molar-refractivity contribution >= 4 is 48.2 Å². The predicted octanol–water partition coefficient (Wildman–Crippen LogP) is 2.73. The summed E-state index contributed by atoms with van der Waals surface area (Å²) in [6.45, 7) is 1.61. The maximum atomic E-state index is 12.4. The minimum atomic E-state index is -4.00. The number of benzene rings is 1. The molecule has 11 heteroatoms. The summed E-state index contributed by atoms with van der Waals surface area (Å²) in [6.07, 6.45) is 2.06. The molecule has 132 valence electrons. The number of nitrogens with one attached hydrogen (secondary N) is 1. The standard InChI is InChI=1S/C13H15ClN2O5S3/c1-9-11(14)5-2-6-12(9)24(20,21)16-13-15-8-10(22-13)4-3-7-23(17,18)19/h2,5-6,8H,3-4,7H2,1H3,(H,15,16)(H,17,18,19). The highest BCUT2D eigenvalue weighted by Crippen LogP contribution is 2.27. The number of aromatic nitrogens is 1. The van der Waals surface area contributed by atoms with Crippen LogP contribution < -0.4 is 4.72 Å². The van der Waals surface area contributed by atoms with Gasteiger partial charge in [-0.05, 0) is 37.5 Å². The van der Waals surface area contributed by atoms with Crippen LogP contribution in [0.4, 0.5) is 5.13 Å². The van der Waals surface area contributed by atoms with Gasteiger partial charge in [-0.15, -0.1) is 11.3 Å². The largest absolute Gasteiger partial charge is 0.286 e. The SMILES string of the molecule is Cc1c(Cl)cccc1S(=O)(=O)Nc1ncc(CCCS(=O)(=O)O)s1. The summed E-state index contributed by atoms with van der Waals surface area (Å²) in [5.41, 5.74) is 0.441. The lowest BCUT2D eigenvalue weighted by Gasteiger charge is -2.09. The number of hydrogen-bond acceptors (Lipinski definition) is 6. The predicted molar refractivity (Wildman–Crippen MR) is 93.8 cm³/mol.